The van der Waals surface area contributed by atoms with Gasteiger partial charge in [0.05, 0.1) is 11.4 Å². The summed E-state index contributed by atoms with van der Waals surface area (Å²) in [6, 6.07) is 10.9. The molecule has 4 rings (SSSR count). The van der Waals surface area contributed by atoms with Gasteiger partial charge in [-0.1, -0.05) is 17.2 Å². The topological polar surface area (TPSA) is 29.0 Å². The summed E-state index contributed by atoms with van der Waals surface area (Å²) in [5.41, 5.74) is 6.18. The second kappa shape index (κ2) is 6.21. The van der Waals surface area contributed by atoms with Crippen LogP contribution in [0, 0.1) is 13.8 Å². The molecule has 3 nitrogen and oxygen atoms in total. The number of halogens is 1. The number of benzene rings is 1. The van der Waals surface area contributed by atoms with Crippen molar-refractivity contribution in [1.29, 1.82) is 0 Å². The number of fused-ring (bicyclic) bond motifs is 2. The van der Waals surface area contributed by atoms with Gasteiger partial charge in [0, 0.05) is 17.5 Å². The van der Waals surface area contributed by atoms with Gasteiger partial charge < -0.3 is 4.90 Å². The molecule has 1 aromatic carbocycles. The van der Waals surface area contributed by atoms with Crippen LogP contribution in [0.25, 0.3) is 11.3 Å². The summed E-state index contributed by atoms with van der Waals surface area (Å²) in [5, 5.41) is 9.18. The lowest BCUT2D eigenvalue weighted by Gasteiger charge is -2.33. The summed E-state index contributed by atoms with van der Waals surface area (Å²) in [6.07, 6.45) is 3.80. The summed E-state index contributed by atoms with van der Waals surface area (Å²) in [4.78, 5) is 2.57. The molecule has 0 spiro atoms. The fraction of sp³-hybridized carbons (Fsp3) is 0.474. The van der Waals surface area contributed by atoms with Crippen molar-refractivity contribution in [3.63, 3.8) is 0 Å². The normalized spacial score (nSPS) is 25.9. The highest BCUT2D eigenvalue weighted by molar-refractivity contribution is 5.85. The first-order valence-corrected chi connectivity index (χ1v) is 8.30. The van der Waals surface area contributed by atoms with Gasteiger partial charge in [0.15, 0.2) is 0 Å². The van der Waals surface area contributed by atoms with Gasteiger partial charge in [-0.3, -0.25) is 0 Å². The second-order valence-corrected chi connectivity index (χ2v) is 7.09. The fourth-order valence-corrected chi connectivity index (χ4v) is 4.22. The summed E-state index contributed by atoms with van der Waals surface area (Å²) >= 11 is 0. The highest BCUT2D eigenvalue weighted by Gasteiger charge is 2.43. The molecule has 0 saturated carbocycles. The first-order valence-electron chi connectivity index (χ1n) is 8.30. The minimum atomic E-state index is 0. The molecule has 0 aliphatic carbocycles. The van der Waals surface area contributed by atoms with Crippen LogP contribution in [0.2, 0.25) is 0 Å². The van der Waals surface area contributed by atoms with Crippen molar-refractivity contribution in [3.8, 4) is 11.3 Å². The number of aryl methyl sites for hydroxylation is 2. The van der Waals surface area contributed by atoms with Crippen LogP contribution in [0.1, 0.15) is 36.1 Å². The lowest BCUT2D eigenvalue weighted by molar-refractivity contribution is 0.239. The standard InChI is InChI=1S/C19H23N3.ClH/c1-14-10-15(2)12-16(11-14)17-4-5-18(21-20-17)19-6-3-8-22(13-19)9-7-19;/h4-5,10-12H,3,6-9,13H2,1-2H3;1H. The summed E-state index contributed by atoms with van der Waals surface area (Å²) in [7, 11) is 0. The Morgan fingerprint density at radius 1 is 0.957 bits per heavy atom. The smallest absolute Gasteiger partial charge is 0.0930 e. The maximum absolute atomic E-state index is 4.63. The molecule has 2 aliphatic heterocycles. The van der Waals surface area contributed by atoms with Gasteiger partial charge in [-0.05, 0) is 70.5 Å². The Labute approximate surface area is 144 Å². The molecular formula is C19H24ClN3. The zero-order valence-corrected chi connectivity index (χ0v) is 14.7. The number of piperidine rings is 1. The molecule has 0 amide bonds. The largest absolute Gasteiger partial charge is 0.302 e. The maximum atomic E-state index is 4.63. The molecule has 2 aromatic rings. The van der Waals surface area contributed by atoms with Crippen LogP contribution in [0.15, 0.2) is 30.3 Å². The van der Waals surface area contributed by atoms with Gasteiger partial charge in [-0.2, -0.15) is 10.2 Å². The van der Waals surface area contributed by atoms with Gasteiger partial charge in [0.1, 0.15) is 0 Å². The molecule has 2 fully saturated rings. The van der Waals surface area contributed by atoms with Crippen molar-refractivity contribution < 1.29 is 0 Å². The molecule has 2 atom stereocenters. The fourth-order valence-electron chi connectivity index (χ4n) is 4.22. The van der Waals surface area contributed by atoms with Crippen LogP contribution < -0.4 is 0 Å². The van der Waals surface area contributed by atoms with Crippen LogP contribution in [0.4, 0.5) is 0 Å². The minimum Gasteiger partial charge on any atom is -0.302 e. The lowest BCUT2D eigenvalue weighted by atomic mass is 9.78. The Morgan fingerprint density at radius 3 is 2.43 bits per heavy atom. The highest BCUT2D eigenvalue weighted by atomic mass is 35.5. The molecule has 1 aromatic heterocycles. The first-order chi connectivity index (χ1) is 10.6. The van der Waals surface area contributed by atoms with Crippen molar-refractivity contribution in [2.75, 3.05) is 19.6 Å². The molecule has 2 unspecified atom stereocenters. The molecule has 2 aliphatic rings. The van der Waals surface area contributed by atoms with E-state index in [1.807, 2.05) is 0 Å². The van der Waals surface area contributed by atoms with E-state index in [2.05, 4.69) is 59.3 Å². The monoisotopic (exact) mass is 329 g/mol. The number of hydrogen-bond acceptors (Lipinski definition) is 3. The zero-order chi connectivity index (χ0) is 15.2. The van der Waals surface area contributed by atoms with Crippen molar-refractivity contribution in [2.24, 2.45) is 0 Å². The van der Waals surface area contributed by atoms with E-state index in [4.69, 9.17) is 0 Å². The molecule has 23 heavy (non-hydrogen) atoms. The molecule has 2 bridgehead atoms. The van der Waals surface area contributed by atoms with E-state index >= 15 is 0 Å². The maximum Gasteiger partial charge on any atom is 0.0930 e. The van der Waals surface area contributed by atoms with Crippen LogP contribution in [-0.2, 0) is 5.41 Å². The van der Waals surface area contributed by atoms with Gasteiger partial charge in [0.2, 0.25) is 0 Å². The van der Waals surface area contributed by atoms with Crippen LogP contribution in [-0.4, -0.2) is 34.7 Å². The average molecular weight is 330 g/mol. The number of nitrogens with zero attached hydrogens (tertiary/aromatic N) is 3. The molecule has 2 saturated heterocycles. The van der Waals surface area contributed by atoms with Crippen LogP contribution in [0.3, 0.4) is 0 Å². The van der Waals surface area contributed by atoms with E-state index in [1.165, 1.54) is 61.3 Å². The molecule has 4 heteroatoms. The number of aromatic nitrogens is 2. The lowest BCUT2D eigenvalue weighted by Crippen LogP contribution is -2.37. The third kappa shape index (κ3) is 3.00. The van der Waals surface area contributed by atoms with Crippen LogP contribution in [0.5, 0.6) is 0 Å². The van der Waals surface area contributed by atoms with E-state index in [-0.39, 0.29) is 17.8 Å². The molecule has 122 valence electrons. The van der Waals surface area contributed by atoms with Crippen molar-refractivity contribution >= 4 is 12.4 Å². The molecule has 0 N–H and O–H groups in total. The van der Waals surface area contributed by atoms with E-state index in [9.17, 15) is 0 Å². The van der Waals surface area contributed by atoms with Crippen molar-refractivity contribution in [3.05, 3.63) is 47.2 Å². The Hall–Kier alpha value is -1.45. The third-order valence-corrected chi connectivity index (χ3v) is 5.29. The summed E-state index contributed by atoms with van der Waals surface area (Å²) in [5.74, 6) is 0. The van der Waals surface area contributed by atoms with Crippen molar-refractivity contribution in [1.82, 2.24) is 15.1 Å². The van der Waals surface area contributed by atoms with Gasteiger partial charge in [0.25, 0.3) is 0 Å². The SMILES string of the molecule is Cc1cc(C)cc(-c2ccc(C34CCCN(CC3)C4)nn2)c1.Cl. The summed E-state index contributed by atoms with van der Waals surface area (Å²) < 4.78 is 0. The van der Waals surface area contributed by atoms with Gasteiger partial charge in [-0.15, -0.1) is 12.4 Å². The number of hydrogen-bond donors (Lipinski definition) is 0. The van der Waals surface area contributed by atoms with E-state index in [1.54, 1.807) is 0 Å². The second-order valence-electron chi connectivity index (χ2n) is 7.09. The molecular weight excluding hydrogens is 306 g/mol. The van der Waals surface area contributed by atoms with E-state index in [0.717, 1.165) is 5.69 Å². The minimum absolute atomic E-state index is 0. The zero-order valence-electron chi connectivity index (χ0n) is 13.9. The Bertz CT molecular complexity index is 674. The Kier molecular flexibility index (Phi) is 4.43. The molecule has 3 heterocycles. The third-order valence-electron chi connectivity index (χ3n) is 5.29. The highest BCUT2D eigenvalue weighted by Crippen LogP contribution is 2.41. The van der Waals surface area contributed by atoms with Gasteiger partial charge in [-0.25, -0.2) is 0 Å². The summed E-state index contributed by atoms with van der Waals surface area (Å²) in [6.45, 7) is 7.92. The quantitative estimate of drug-likeness (QED) is 0.836. The van der Waals surface area contributed by atoms with Crippen LogP contribution >= 0.6 is 12.4 Å². The average Bonchev–Trinajstić information content (AvgIpc) is 2.82. The predicted molar refractivity (Wildman–Crippen MR) is 96.2 cm³/mol. The first kappa shape index (κ1) is 16.4. The van der Waals surface area contributed by atoms with E-state index in [0.29, 0.717) is 0 Å². The Balaban J connectivity index is 0.00000156. The van der Waals surface area contributed by atoms with Crippen molar-refractivity contribution in [2.45, 2.75) is 38.5 Å². The predicted octanol–water partition coefficient (Wildman–Crippen LogP) is 3.92. The Morgan fingerprint density at radius 2 is 1.74 bits per heavy atom. The molecule has 0 radical (unpaired) electrons. The van der Waals surface area contributed by atoms with Gasteiger partial charge >= 0.3 is 0 Å². The van der Waals surface area contributed by atoms with E-state index < -0.39 is 0 Å². The number of rotatable bonds is 2.